The predicted octanol–water partition coefficient (Wildman–Crippen LogP) is 2.99. The van der Waals surface area contributed by atoms with Crippen LogP contribution < -0.4 is 0 Å². The largest absolute Gasteiger partial charge is 0.301 e. The zero-order valence-corrected chi connectivity index (χ0v) is 16.7. The lowest BCUT2D eigenvalue weighted by molar-refractivity contribution is 0.196. The van der Waals surface area contributed by atoms with Gasteiger partial charge in [0.15, 0.2) is 0 Å². The third-order valence-electron chi connectivity index (χ3n) is 5.84. The Hall–Kier alpha value is -1.70. The van der Waals surface area contributed by atoms with Gasteiger partial charge in [-0.3, -0.25) is 4.68 Å². The fourth-order valence-corrected chi connectivity index (χ4v) is 5.71. The van der Waals surface area contributed by atoms with Gasteiger partial charge in [0.2, 0.25) is 10.0 Å². The number of nitrogens with zero attached hydrogens (tertiary/aromatic N) is 4. The van der Waals surface area contributed by atoms with Crippen LogP contribution in [0.2, 0.25) is 0 Å². The highest BCUT2D eigenvalue weighted by Crippen LogP contribution is 2.34. The van der Waals surface area contributed by atoms with Crippen molar-refractivity contribution in [2.45, 2.75) is 43.5 Å². The highest BCUT2D eigenvalue weighted by Gasteiger charge is 2.33. The minimum absolute atomic E-state index is 0.313. The van der Waals surface area contributed by atoms with Crippen LogP contribution in [0, 0.1) is 0 Å². The molecule has 2 fully saturated rings. The molecule has 2 aliphatic rings. The maximum Gasteiger partial charge on any atom is 0.246 e. The van der Waals surface area contributed by atoms with Crippen LogP contribution in [0.4, 0.5) is 0 Å². The molecule has 1 aromatic heterocycles. The van der Waals surface area contributed by atoms with E-state index in [1.54, 1.807) is 10.5 Å². The summed E-state index contributed by atoms with van der Waals surface area (Å²) < 4.78 is 30.5. The van der Waals surface area contributed by atoms with Crippen molar-refractivity contribution in [1.82, 2.24) is 19.0 Å². The zero-order valence-electron chi connectivity index (χ0n) is 15.9. The van der Waals surface area contributed by atoms with Gasteiger partial charge in [-0.25, -0.2) is 8.42 Å². The minimum Gasteiger partial charge on any atom is -0.301 e. The summed E-state index contributed by atoms with van der Waals surface area (Å²) in [6, 6.07) is 9.99. The lowest BCUT2D eigenvalue weighted by Crippen LogP contribution is -2.48. The molecule has 7 heteroatoms. The number of hydrogen-bond acceptors (Lipinski definition) is 4. The molecule has 1 aliphatic carbocycles. The summed E-state index contributed by atoms with van der Waals surface area (Å²) in [7, 11) is -3.56. The molecule has 0 atom stereocenters. The van der Waals surface area contributed by atoms with Crippen molar-refractivity contribution < 1.29 is 8.42 Å². The van der Waals surface area contributed by atoms with E-state index in [4.69, 9.17) is 5.10 Å². The lowest BCUT2D eigenvalue weighted by Gasteiger charge is -2.33. The molecule has 0 spiro atoms. The zero-order chi connectivity index (χ0) is 18.9. The quantitative estimate of drug-likeness (QED) is 0.790. The Bertz CT molecular complexity index is 865. The van der Waals surface area contributed by atoms with Crippen LogP contribution in [0.1, 0.15) is 38.6 Å². The van der Waals surface area contributed by atoms with E-state index < -0.39 is 10.0 Å². The fourth-order valence-electron chi connectivity index (χ4n) is 4.14. The van der Waals surface area contributed by atoms with Crippen molar-refractivity contribution in [2.24, 2.45) is 0 Å². The van der Waals surface area contributed by atoms with Crippen molar-refractivity contribution in [3.8, 4) is 11.3 Å². The smallest absolute Gasteiger partial charge is 0.246 e. The summed E-state index contributed by atoms with van der Waals surface area (Å²) in [5, 5.41) is 4.76. The van der Waals surface area contributed by atoms with Crippen LogP contribution in [-0.2, 0) is 10.0 Å². The van der Waals surface area contributed by atoms with Crippen LogP contribution in [0.5, 0.6) is 0 Å². The second-order valence-corrected chi connectivity index (χ2v) is 9.37. The molecule has 4 rings (SSSR count). The first-order chi connectivity index (χ1) is 13.1. The average molecular weight is 389 g/mol. The Morgan fingerprint density at radius 1 is 1.04 bits per heavy atom. The van der Waals surface area contributed by atoms with Crippen LogP contribution >= 0.6 is 0 Å². The molecular formula is C20H28N4O2S. The molecule has 1 aromatic carbocycles. The molecule has 2 aromatic rings. The van der Waals surface area contributed by atoms with Crippen LogP contribution in [0.25, 0.3) is 11.3 Å². The van der Waals surface area contributed by atoms with Crippen molar-refractivity contribution in [3.05, 3.63) is 36.5 Å². The number of hydrogen-bond donors (Lipinski definition) is 0. The Morgan fingerprint density at radius 3 is 2.33 bits per heavy atom. The number of sulfonamides is 1. The van der Waals surface area contributed by atoms with Gasteiger partial charge >= 0.3 is 0 Å². The molecule has 0 amide bonds. The van der Waals surface area contributed by atoms with Crippen molar-refractivity contribution in [3.63, 3.8) is 0 Å². The molecule has 0 radical (unpaired) electrons. The molecule has 146 valence electrons. The van der Waals surface area contributed by atoms with Gasteiger partial charge in [-0.2, -0.15) is 9.40 Å². The Balaban J connectivity index is 1.72. The number of benzene rings is 1. The van der Waals surface area contributed by atoms with Crippen LogP contribution in [0.3, 0.4) is 0 Å². The Labute approximate surface area is 161 Å². The van der Waals surface area contributed by atoms with Gasteiger partial charge in [0.05, 0.1) is 6.04 Å². The van der Waals surface area contributed by atoms with E-state index in [1.807, 2.05) is 35.0 Å². The van der Waals surface area contributed by atoms with E-state index in [0.717, 1.165) is 38.0 Å². The molecule has 1 aliphatic heterocycles. The van der Waals surface area contributed by atoms with Crippen LogP contribution in [-0.4, -0.2) is 60.1 Å². The molecule has 1 saturated carbocycles. The molecule has 1 saturated heterocycles. The van der Waals surface area contributed by atoms with E-state index in [9.17, 15) is 8.42 Å². The maximum absolute atomic E-state index is 13.5. The van der Waals surface area contributed by atoms with Gasteiger partial charge in [0, 0.05) is 37.9 Å². The first kappa shape index (κ1) is 18.7. The number of likely N-dealkylation sites (N-methyl/N-ethyl adjacent to an activating group) is 1. The van der Waals surface area contributed by atoms with Gasteiger partial charge < -0.3 is 4.90 Å². The van der Waals surface area contributed by atoms with E-state index in [2.05, 4.69) is 11.8 Å². The topological polar surface area (TPSA) is 58.4 Å². The van der Waals surface area contributed by atoms with Crippen LogP contribution in [0.15, 0.2) is 41.4 Å². The Morgan fingerprint density at radius 2 is 1.70 bits per heavy atom. The van der Waals surface area contributed by atoms with E-state index in [0.29, 0.717) is 29.7 Å². The molecule has 2 heterocycles. The summed E-state index contributed by atoms with van der Waals surface area (Å²) in [6.45, 7) is 5.73. The summed E-state index contributed by atoms with van der Waals surface area (Å²) in [6.07, 6.45) is 6.30. The average Bonchev–Trinajstić information content (AvgIpc) is 3.38. The number of aromatic nitrogens is 2. The number of piperazine rings is 1. The molecule has 6 nitrogen and oxygen atoms in total. The monoisotopic (exact) mass is 388 g/mol. The van der Waals surface area contributed by atoms with Gasteiger partial charge in [0.1, 0.15) is 10.6 Å². The first-order valence-electron chi connectivity index (χ1n) is 9.96. The SMILES string of the molecule is CCN1CCN(S(=O)(=O)c2cn(C3CCCC3)nc2-c2ccccc2)CC1. The first-order valence-corrected chi connectivity index (χ1v) is 11.4. The second kappa shape index (κ2) is 7.73. The minimum atomic E-state index is -3.56. The highest BCUT2D eigenvalue weighted by molar-refractivity contribution is 7.89. The Kier molecular flexibility index (Phi) is 5.34. The van der Waals surface area contributed by atoms with Gasteiger partial charge in [-0.1, -0.05) is 50.1 Å². The second-order valence-electron chi connectivity index (χ2n) is 7.46. The van der Waals surface area contributed by atoms with Gasteiger partial charge in [-0.05, 0) is 19.4 Å². The van der Waals surface area contributed by atoms with E-state index in [1.165, 1.54) is 12.8 Å². The van der Waals surface area contributed by atoms with Crippen molar-refractivity contribution >= 4 is 10.0 Å². The summed E-state index contributed by atoms with van der Waals surface area (Å²) in [5.41, 5.74) is 1.44. The van der Waals surface area contributed by atoms with Gasteiger partial charge in [0.25, 0.3) is 0 Å². The third-order valence-corrected chi connectivity index (χ3v) is 7.74. The molecule has 27 heavy (non-hydrogen) atoms. The van der Waals surface area contributed by atoms with Crippen molar-refractivity contribution in [1.29, 1.82) is 0 Å². The summed E-state index contributed by atoms with van der Waals surface area (Å²) >= 11 is 0. The number of rotatable bonds is 5. The normalized spacial score (nSPS) is 20.3. The summed E-state index contributed by atoms with van der Waals surface area (Å²) in [4.78, 5) is 2.64. The molecule has 0 unspecified atom stereocenters. The lowest BCUT2D eigenvalue weighted by atomic mass is 10.2. The molecule has 0 bridgehead atoms. The predicted molar refractivity (Wildman–Crippen MR) is 106 cm³/mol. The van der Waals surface area contributed by atoms with E-state index in [-0.39, 0.29) is 0 Å². The summed E-state index contributed by atoms with van der Waals surface area (Å²) in [5.74, 6) is 0. The third kappa shape index (κ3) is 3.68. The maximum atomic E-state index is 13.5. The fraction of sp³-hybridized carbons (Fsp3) is 0.550. The standard InChI is InChI=1S/C20H28N4O2S/c1-2-22-12-14-23(15-13-22)27(25,26)19-16-24(18-10-6-7-11-18)21-20(19)17-8-4-3-5-9-17/h3-5,8-9,16,18H,2,6-7,10-15H2,1H3. The van der Waals surface area contributed by atoms with Crippen molar-refractivity contribution in [2.75, 3.05) is 32.7 Å². The molecular weight excluding hydrogens is 360 g/mol. The van der Waals surface area contributed by atoms with E-state index >= 15 is 0 Å². The molecule has 0 N–H and O–H groups in total. The highest BCUT2D eigenvalue weighted by atomic mass is 32.2. The van der Waals surface area contributed by atoms with Gasteiger partial charge in [-0.15, -0.1) is 0 Å².